The van der Waals surface area contributed by atoms with E-state index >= 15 is 0 Å². The third kappa shape index (κ3) is 2.60. The Hall–Kier alpha value is -1.28. The van der Waals surface area contributed by atoms with Crippen LogP contribution in [0.1, 0.15) is 18.4 Å². The van der Waals surface area contributed by atoms with Gasteiger partial charge in [-0.05, 0) is 24.6 Å². The molecule has 0 aliphatic heterocycles. The summed E-state index contributed by atoms with van der Waals surface area (Å²) in [6, 6.07) is 7.75. The van der Waals surface area contributed by atoms with E-state index in [1.54, 1.807) is 7.11 Å². The third-order valence-corrected chi connectivity index (χ3v) is 2.17. The minimum Gasteiger partial charge on any atom is -0.497 e. The summed E-state index contributed by atoms with van der Waals surface area (Å²) in [7, 11) is 1.64. The molecule has 1 N–H and O–H groups in total. The molecule has 0 unspecified atom stereocenters. The van der Waals surface area contributed by atoms with Crippen LogP contribution in [0.4, 0.5) is 0 Å². The molecular formula is C12H16O2. The fourth-order valence-corrected chi connectivity index (χ4v) is 1.36. The summed E-state index contributed by atoms with van der Waals surface area (Å²) < 4.78 is 5.06. The smallest absolute Gasteiger partial charge is 0.118 e. The van der Waals surface area contributed by atoms with Gasteiger partial charge in [-0.2, -0.15) is 0 Å². The van der Waals surface area contributed by atoms with Crippen molar-refractivity contribution in [2.24, 2.45) is 0 Å². The molecule has 76 valence electrons. The lowest BCUT2D eigenvalue weighted by atomic mass is 9.99. The number of aliphatic hydroxyl groups is 1. The Labute approximate surface area is 84.8 Å². The molecule has 0 heterocycles. The quantitative estimate of drug-likeness (QED) is 0.742. The van der Waals surface area contributed by atoms with Crippen LogP contribution in [0.2, 0.25) is 0 Å². The van der Waals surface area contributed by atoms with Gasteiger partial charge in [0.1, 0.15) is 5.75 Å². The fourth-order valence-electron chi connectivity index (χ4n) is 1.36. The Bertz CT molecular complexity index is 288. The summed E-state index contributed by atoms with van der Waals surface area (Å²) in [5.74, 6) is 0.928. The highest BCUT2D eigenvalue weighted by atomic mass is 16.5. The molecule has 0 aliphatic carbocycles. The Morgan fingerprint density at radius 3 is 2.43 bits per heavy atom. The summed E-state index contributed by atoms with van der Waals surface area (Å²) in [5, 5.41) is 9.15. The van der Waals surface area contributed by atoms with Crippen LogP contribution < -0.4 is 4.74 Å². The number of hydrogen-bond acceptors (Lipinski definition) is 2. The Balaban J connectivity index is 2.83. The SMILES string of the molecule is C/C=C\[C@@H](CO)c1ccc(OC)cc1. The van der Waals surface area contributed by atoms with Gasteiger partial charge >= 0.3 is 0 Å². The maximum atomic E-state index is 9.15. The van der Waals surface area contributed by atoms with Crippen LogP contribution in [-0.4, -0.2) is 18.8 Å². The van der Waals surface area contributed by atoms with Gasteiger partial charge in [-0.3, -0.25) is 0 Å². The van der Waals surface area contributed by atoms with Crippen molar-refractivity contribution in [3.8, 4) is 5.75 Å². The predicted molar refractivity (Wildman–Crippen MR) is 57.6 cm³/mol. The molecule has 0 aliphatic rings. The van der Waals surface area contributed by atoms with E-state index in [-0.39, 0.29) is 12.5 Å². The molecule has 1 aromatic carbocycles. The first-order valence-corrected chi connectivity index (χ1v) is 4.69. The minimum absolute atomic E-state index is 0.0888. The van der Waals surface area contributed by atoms with E-state index in [4.69, 9.17) is 9.84 Å². The van der Waals surface area contributed by atoms with Crippen molar-refractivity contribution in [1.82, 2.24) is 0 Å². The highest BCUT2D eigenvalue weighted by Crippen LogP contribution is 2.20. The van der Waals surface area contributed by atoms with Gasteiger partial charge < -0.3 is 9.84 Å². The summed E-state index contributed by atoms with van der Waals surface area (Å²) >= 11 is 0. The Kier molecular flexibility index (Phi) is 4.20. The first kappa shape index (κ1) is 10.8. The van der Waals surface area contributed by atoms with Gasteiger partial charge in [0.15, 0.2) is 0 Å². The monoisotopic (exact) mass is 192 g/mol. The Morgan fingerprint density at radius 1 is 1.36 bits per heavy atom. The first-order valence-electron chi connectivity index (χ1n) is 4.69. The van der Waals surface area contributed by atoms with Gasteiger partial charge in [-0.1, -0.05) is 24.3 Å². The first-order chi connectivity index (χ1) is 6.81. The molecule has 0 aromatic heterocycles. The second-order valence-electron chi connectivity index (χ2n) is 3.09. The lowest BCUT2D eigenvalue weighted by molar-refractivity contribution is 0.283. The van der Waals surface area contributed by atoms with Crippen LogP contribution >= 0.6 is 0 Å². The number of hydrogen-bond donors (Lipinski definition) is 1. The topological polar surface area (TPSA) is 29.5 Å². The molecule has 0 fully saturated rings. The number of aliphatic hydroxyl groups excluding tert-OH is 1. The minimum atomic E-state index is 0.0888. The second kappa shape index (κ2) is 5.45. The van der Waals surface area contributed by atoms with Crippen LogP contribution in [0.3, 0.4) is 0 Å². The van der Waals surface area contributed by atoms with Crippen LogP contribution in [0.5, 0.6) is 5.75 Å². The zero-order valence-corrected chi connectivity index (χ0v) is 8.60. The van der Waals surface area contributed by atoms with Crippen molar-refractivity contribution in [1.29, 1.82) is 0 Å². The summed E-state index contributed by atoms with van der Waals surface area (Å²) in [5.41, 5.74) is 1.10. The standard InChI is InChI=1S/C12H16O2/c1-3-4-11(9-13)10-5-7-12(14-2)8-6-10/h3-8,11,13H,9H2,1-2H3/b4-3-/t11-/m0/s1. The molecule has 1 rings (SSSR count). The summed E-state index contributed by atoms with van der Waals surface area (Å²) in [4.78, 5) is 0. The molecular weight excluding hydrogens is 176 g/mol. The molecule has 1 aromatic rings. The normalized spacial score (nSPS) is 13.1. The van der Waals surface area contributed by atoms with Gasteiger partial charge in [0.05, 0.1) is 13.7 Å². The highest BCUT2D eigenvalue weighted by Gasteiger charge is 2.05. The van der Waals surface area contributed by atoms with Crippen molar-refractivity contribution in [3.63, 3.8) is 0 Å². The maximum absolute atomic E-state index is 9.15. The average Bonchev–Trinajstić information content (AvgIpc) is 2.26. The van der Waals surface area contributed by atoms with Crippen LogP contribution in [0.25, 0.3) is 0 Å². The van der Waals surface area contributed by atoms with Crippen molar-refractivity contribution < 1.29 is 9.84 Å². The van der Waals surface area contributed by atoms with Crippen molar-refractivity contribution in [3.05, 3.63) is 42.0 Å². The molecule has 0 amide bonds. The molecule has 0 spiro atoms. The van der Waals surface area contributed by atoms with E-state index in [0.717, 1.165) is 11.3 Å². The Morgan fingerprint density at radius 2 is 2.00 bits per heavy atom. The maximum Gasteiger partial charge on any atom is 0.118 e. The number of methoxy groups -OCH3 is 1. The molecule has 0 radical (unpaired) electrons. The number of benzene rings is 1. The third-order valence-electron chi connectivity index (χ3n) is 2.17. The van der Waals surface area contributed by atoms with E-state index < -0.39 is 0 Å². The van der Waals surface area contributed by atoms with E-state index in [0.29, 0.717) is 0 Å². The van der Waals surface area contributed by atoms with Crippen molar-refractivity contribution in [2.45, 2.75) is 12.8 Å². The molecule has 14 heavy (non-hydrogen) atoms. The van der Waals surface area contributed by atoms with Gasteiger partial charge in [0.25, 0.3) is 0 Å². The van der Waals surface area contributed by atoms with Crippen LogP contribution in [0.15, 0.2) is 36.4 Å². The highest BCUT2D eigenvalue weighted by molar-refractivity contribution is 5.31. The van der Waals surface area contributed by atoms with Crippen molar-refractivity contribution in [2.75, 3.05) is 13.7 Å². The molecule has 2 nitrogen and oxygen atoms in total. The number of rotatable bonds is 4. The molecule has 2 heteroatoms. The van der Waals surface area contributed by atoms with Gasteiger partial charge in [-0.15, -0.1) is 0 Å². The van der Waals surface area contributed by atoms with Gasteiger partial charge in [0.2, 0.25) is 0 Å². The number of ether oxygens (including phenoxy) is 1. The summed E-state index contributed by atoms with van der Waals surface area (Å²) in [6.07, 6.45) is 3.94. The zero-order valence-electron chi connectivity index (χ0n) is 8.60. The van der Waals surface area contributed by atoms with E-state index in [1.165, 1.54) is 0 Å². The van der Waals surface area contributed by atoms with Crippen molar-refractivity contribution >= 4 is 0 Å². The van der Waals surface area contributed by atoms with Gasteiger partial charge in [0, 0.05) is 5.92 Å². The summed E-state index contributed by atoms with van der Waals surface area (Å²) in [6.45, 7) is 2.09. The van der Waals surface area contributed by atoms with Gasteiger partial charge in [-0.25, -0.2) is 0 Å². The lowest BCUT2D eigenvalue weighted by Gasteiger charge is -2.10. The largest absolute Gasteiger partial charge is 0.497 e. The molecule has 0 bridgehead atoms. The van der Waals surface area contributed by atoms with E-state index in [2.05, 4.69) is 0 Å². The lowest BCUT2D eigenvalue weighted by Crippen LogP contribution is -2.00. The van der Waals surface area contributed by atoms with Crippen LogP contribution in [-0.2, 0) is 0 Å². The second-order valence-corrected chi connectivity index (χ2v) is 3.09. The van der Waals surface area contributed by atoms with E-state index in [1.807, 2.05) is 43.3 Å². The van der Waals surface area contributed by atoms with Crippen LogP contribution in [0, 0.1) is 0 Å². The molecule has 0 saturated heterocycles. The molecule has 1 atom stereocenters. The fraction of sp³-hybridized carbons (Fsp3) is 0.333. The number of allylic oxidation sites excluding steroid dienone is 1. The van der Waals surface area contributed by atoms with E-state index in [9.17, 15) is 0 Å². The predicted octanol–water partition coefficient (Wildman–Crippen LogP) is 2.35. The average molecular weight is 192 g/mol. The molecule has 0 saturated carbocycles. The zero-order chi connectivity index (χ0) is 10.4.